The summed E-state index contributed by atoms with van der Waals surface area (Å²) in [6.45, 7) is 3.71. The van der Waals surface area contributed by atoms with Gasteiger partial charge >= 0.3 is 0 Å². The molecule has 2 aromatic rings. The lowest BCUT2D eigenvalue weighted by Gasteiger charge is -2.07. The number of H-pyrrole nitrogens is 1. The second kappa shape index (κ2) is 7.32. The van der Waals surface area contributed by atoms with Gasteiger partial charge in [0.15, 0.2) is 5.82 Å². The van der Waals surface area contributed by atoms with Crippen LogP contribution in [0.1, 0.15) is 26.0 Å². The van der Waals surface area contributed by atoms with E-state index >= 15 is 0 Å². The lowest BCUT2D eigenvalue weighted by atomic mass is 10.2. The van der Waals surface area contributed by atoms with E-state index in [1.807, 2.05) is 13.8 Å². The van der Waals surface area contributed by atoms with Crippen LogP contribution in [0.25, 0.3) is 11.4 Å². The number of nitrogens with zero attached hydrogens (tertiary/aromatic N) is 2. The first-order valence-electron chi connectivity index (χ1n) is 7.07. The van der Waals surface area contributed by atoms with Gasteiger partial charge in [-0.25, -0.2) is 4.39 Å². The minimum atomic E-state index is -0.557. The molecule has 23 heavy (non-hydrogen) atoms. The zero-order valence-corrected chi connectivity index (χ0v) is 13.4. The number of carbonyl (C=O) groups is 1. The van der Waals surface area contributed by atoms with Crippen molar-refractivity contribution in [3.05, 3.63) is 45.1 Å². The molecule has 0 aliphatic carbocycles. The van der Waals surface area contributed by atoms with Crippen molar-refractivity contribution >= 4 is 17.5 Å². The molecule has 2 N–H and O–H groups in total. The van der Waals surface area contributed by atoms with Crippen molar-refractivity contribution in [2.75, 3.05) is 0 Å². The number of benzene rings is 1. The van der Waals surface area contributed by atoms with Crippen LogP contribution in [-0.2, 0) is 11.2 Å². The number of rotatable bonds is 5. The second-order valence-corrected chi connectivity index (χ2v) is 5.71. The Balaban J connectivity index is 2.13. The third kappa shape index (κ3) is 4.59. The average molecular weight is 339 g/mol. The van der Waals surface area contributed by atoms with E-state index in [2.05, 4.69) is 20.5 Å². The molecule has 1 aromatic heterocycles. The molecule has 0 saturated heterocycles. The Morgan fingerprint density at radius 3 is 2.74 bits per heavy atom. The zero-order valence-electron chi connectivity index (χ0n) is 12.7. The van der Waals surface area contributed by atoms with Crippen LogP contribution in [0.4, 0.5) is 4.39 Å². The number of aromatic nitrogens is 3. The fraction of sp³-hybridized carbons (Fsp3) is 0.333. The first-order chi connectivity index (χ1) is 10.9. The summed E-state index contributed by atoms with van der Waals surface area (Å²) < 4.78 is 13.1. The minimum Gasteiger partial charge on any atom is -0.354 e. The lowest BCUT2D eigenvalue weighted by Crippen LogP contribution is -2.31. The molecule has 1 aromatic carbocycles. The van der Waals surface area contributed by atoms with Gasteiger partial charge < -0.3 is 10.3 Å². The molecule has 8 heteroatoms. The van der Waals surface area contributed by atoms with Crippen molar-refractivity contribution in [2.24, 2.45) is 0 Å². The Kier molecular flexibility index (Phi) is 5.44. The molecule has 122 valence electrons. The van der Waals surface area contributed by atoms with Gasteiger partial charge in [0.05, 0.1) is 5.02 Å². The van der Waals surface area contributed by atoms with Crippen molar-refractivity contribution in [3.8, 4) is 11.4 Å². The number of aromatic amines is 1. The Labute approximate surface area is 137 Å². The lowest BCUT2D eigenvalue weighted by molar-refractivity contribution is -0.121. The summed E-state index contributed by atoms with van der Waals surface area (Å²) in [5.41, 5.74) is 0.179. The van der Waals surface area contributed by atoms with E-state index in [-0.39, 0.29) is 41.3 Å². The average Bonchev–Trinajstić information content (AvgIpc) is 2.48. The third-order valence-electron chi connectivity index (χ3n) is 3.00. The summed E-state index contributed by atoms with van der Waals surface area (Å²) in [7, 11) is 0. The highest BCUT2D eigenvalue weighted by Crippen LogP contribution is 2.21. The molecular formula is C15H16ClFN4O2. The molecular weight excluding hydrogens is 323 g/mol. The first kappa shape index (κ1) is 17.1. The van der Waals surface area contributed by atoms with E-state index in [9.17, 15) is 14.0 Å². The van der Waals surface area contributed by atoms with E-state index < -0.39 is 11.4 Å². The molecule has 0 spiro atoms. The summed E-state index contributed by atoms with van der Waals surface area (Å²) in [6.07, 6.45) is 0.336. The summed E-state index contributed by atoms with van der Waals surface area (Å²) in [5, 5.41) is 10.4. The summed E-state index contributed by atoms with van der Waals surface area (Å²) in [4.78, 5) is 26.1. The molecule has 1 heterocycles. The quantitative estimate of drug-likeness (QED) is 0.873. The van der Waals surface area contributed by atoms with Crippen molar-refractivity contribution in [1.82, 2.24) is 20.5 Å². The van der Waals surface area contributed by atoms with Crippen LogP contribution in [0.5, 0.6) is 0 Å². The highest BCUT2D eigenvalue weighted by Gasteiger charge is 2.11. The summed E-state index contributed by atoms with van der Waals surface area (Å²) in [5.74, 6) is -0.526. The van der Waals surface area contributed by atoms with E-state index in [0.717, 1.165) is 0 Å². The fourth-order valence-electron chi connectivity index (χ4n) is 1.92. The van der Waals surface area contributed by atoms with E-state index in [1.54, 1.807) is 0 Å². The second-order valence-electron chi connectivity index (χ2n) is 5.30. The molecule has 0 radical (unpaired) electrons. The van der Waals surface area contributed by atoms with Gasteiger partial charge in [0.1, 0.15) is 11.5 Å². The Bertz CT molecular complexity index is 776. The largest absolute Gasteiger partial charge is 0.354 e. The number of hydrogen-bond acceptors (Lipinski definition) is 4. The number of nitrogens with one attached hydrogen (secondary N) is 2. The number of carbonyl (C=O) groups excluding carboxylic acids is 1. The highest BCUT2D eigenvalue weighted by molar-refractivity contribution is 6.31. The molecule has 0 saturated carbocycles. The van der Waals surface area contributed by atoms with E-state index in [0.29, 0.717) is 5.56 Å². The van der Waals surface area contributed by atoms with Gasteiger partial charge in [0, 0.05) is 24.4 Å². The molecule has 0 fully saturated rings. The highest BCUT2D eigenvalue weighted by atomic mass is 35.5. The smallest absolute Gasteiger partial charge is 0.273 e. The molecule has 0 aliphatic rings. The van der Waals surface area contributed by atoms with Gasteiger partial charge in [-0.2, -0.15) is 0 Å². The predicted octanol–water partition coefficient (Wildman–Crippen LogP) is 2.08. The van der Waals surface area contributed by atoms with Crippen LogP contribution in [-0.4, -0.2) is 27.1 Å². The van der Waals surface area contributed by atoms with Gasteiger partial charge in [-0.05, 0) is 32.0 Å². The van der Waals surface area contributed by atoms with Crippen molar-refractivity contribution < 1.29 is 9.18 Å². The Morgan fingerprint density at radius 2 is 2.13 bits per heavy atom. The van der Waals surface area contributed by atoms with Crippen LogP contribution >= 0.6 is 11.6 Å². The topological polar surface area (TPSA) is 87.7 Å². The predicted molar refractivity (Wildman–Crippen MR) is 84.7 cm³/mol. The SMILES string of the molecule is CC(C)NC(=O)CCc1nnc(-c2ccc(F)c(Cl)c2)[nH]c1=O. The maximum Gasteiger partial charge on any atom is 0.273 e. The van der Waals surface area contributed by atoms with Gasteiger partial charge in [-0.3, -0.25) is 9.59 Å². The number of amides is 1. The summed E-state index contributed by atoms with van der Waals surface area (Å²) >= 11 is 5.70. The number of aryl methyl sites for hydroxylation is 1. The van der Waals surface area contributed by atoms with Crippen LogP contribution in [0.2, 0.25) is 5.02 Å². The standard InChI is InChI=1S/C15H16ClFN4O2/c1-8(2)18-13(22)6-5-12-15(23)19-14(21-20-12)9-3-4-11(17)10(16)7-9/h3-4,7-8H,5-6H2,1-2H3,(H,18,22)(H,19,21,23). The molecule has 0 unspecified atom stereocenters. The molecule has 2 rings (SSSR count). The Morgan fingerprint density at radius 1 is 1.39 bits per heavy atom. The maximum absolute atomic E-state index is 13.1. The third-order valence-corrected chi connectivity index (χ3v) is 3.29. The molecule has 0 aliphatic heterocycles. The van der Waals surface area contributed by atoms with E-state index in [4.69, 9.17) is 11.6 Å². The fourth-order valence-corrected chi connectivity index (χ4v) is 2.10. The van der Waals surface area contributed by atoms with Crippen molar-refractivity contribution in [1.29, 1.82) is 0 Å². The molecule has 6 nitrogen and oxygen atoms in total. The number of hydrogen-bond donors (Lipinski definition) is 2. The zero-order chi connectivity index (χ0) is 17.0. The summed E-state index contributed by atoms with van der Waals surface area (Å²) in [6, 6.07) is 4.02. The minimum absolute atomic E-state index is 0.0393. The molecule has 0 atom stereocenters. The van der Waals surface area contributed by atoms with Gasteiger partial charge in [-0.1, -0.05) is 11.6 Å². The van der Waals surface area contributed by atoms with Crippen molar-refractivity contribution in [3.63, 3.8) is 0 Å². The van der Waals surface area contributed by atoms with Gasteiger partial charge in [0.2, 0.25) is 5.91 Å². The maximum atomic E-state index is 13.1. The van der Waals surface area contributed by atoms with Crippen molar-refractivity contribution in [2.45, 2.75) is 32.7 Å². The van der Waals surface area contributed by atoms with E-state index in [1.165, 1.54) is 18.2 Å². The van der Waals surface area contributed by atoms with Gasteiger partial charge in [0.25, 0.3) is 5.56 Å². The van der Waals surface area contributed by atoms with Crippen LogP contribution < -0.4 is 10.9 Å². The number of halogens is 2. The first-order valence-corrected chi connectivity index (χ1v) is 7.45. The van der Waals surface area contributed by atoms with Crippen LogP contribution in [0, 0.1) is 5.82 Å². The molecule has 1 amide bonds. The van der Waals surface area contributed by atoms with Gasteiger partial charge in [-0.15, -0.1) is 10.2 Å². The normalized spacial score (nSPS) is 10.8. The van der Waals surface area contributed by atoms with Crippen LogP contribution in [0.15, 0.2) is 23.0 Å². The Hall–Kier alpha value is -2.28. The van der Waals surface area contributed by atoms with Crippen LogP contribution in [0.3, 0.4) is 0 Å². The molecule has 0 bridgehead atoms. The monoisotopic (exact) mass is 338 g/mol.